The van der Waals surface area contributed by atoms with Crippen LogP contribution in [0.2, 0.25) is 0 Å². The van der Waals surface area contributed by atoms with Gasteiger partial charge < -0.3 is 4.74 Å². The average molecular weight is 303 g/mol. The second-order valence-corrected chi connectivity index (χ2v) is 6.59. The fourth-order valence-corrected chi connectivity index (χ4v) is 4.05. The fourth-order valence-electron chi connectivity index (χ4n) is 4.05. The summed E-state index contributed by atoms with van der Waals surface area (Å²) in [7, 11) is 0. The van der Waals surface area contributed by atoms with Crippen molar-refractivity contribution in [2.24, 2.45) is 10.9 Å². The van der Waals surface area contributed by atoms with Gasteiger partial charge in [-0.25, -0.2) is 4.99 Å². The van der Waals surface area contributed by atoms with Crippen molar-refractivity contribution >= 4 is 22.3 Å². The molecule has 1 aliphatic carbocycles. The number of ether oxygens (including phenoxy) is 1. The van der Waals surface area contributed by atoms with Gasteiger partial charge in [-0.1, -0.05) is 36.8 Å². The van der Waals surface area contributed by atoms with Crippen molar-refractivity contribution in [3.63, 3.8) is 0 Å². The second-order valence-electron chi connectivity index (χ2n) is 6.59. The first-order valence-corrected chi connectivity index (χ1v) is 8.34. The van der Waals surface area contributed by atoms with Gasteiger partial charge in [0.1, 0.15) is 5.75 Å². The van der Waals surface area contributed by atoms with E-state index in [9.17, 15) is 4.79 Å². The summed E-state index contributed by atoms with van der Waals surface area (Å²) >= 11 is 0. The number of carbonyl (C=O) groups is 1. The van der Waals surface area contributed by atoms with E-state index in [0.29, 0.717) is 12.3 Å². The summed E-state index contributed by atoms with van der Waals surface area (Å²) in [6, 6.07) is 12.3. The highest BCUT2D eigenvalue weighted by molar-refractivity contribution is 6.15. The number of fused-ring (bicyclic) bond motifs is 4. The minimum absolute atomic E-state index is 0.00243. The van der Waals surface area contributed by atoms with Crippen LogP contribution in [0.15, 0.2) is 52.8 Å². The Labute approximate surface area is 134 Å². The molecule has 0 amide bonds. The molecule has 3 nitrogen and oxygen atoms in total. The highest BCUT2D eigenvalue weighted by atomic mass is 16.5. The summed E-state index contributed by atoms with van der Waals surface area (Å²) < 4.78 is 6.03. The molecule has 2 aromatic rings. The molecule has 5 rings (SSSR count). The topological polar surface area (TPSA) is 38.7 Å². The Balaban J connectivity index is 1.65. The summed E-state index contributed by atoms with van der Waals surface area (Å²) in [6.45, 7) is 0. The number of allylic oxidation sites excluding steroid dienone is 1. The number of carbonyl (C=O) groups excluding carboxylic acids is 1. The zero-order chi connectivity index (χ0) is 15.4. The Morgan fingerprint density at radius 3 is 2.96 bits per heavy atom. The van der Waals surface area contributed by atoms with Gasteiger partial charge in [-0.2, -0.15) is 0 Å². The normalized spacial score (nSPS) is 22.9. The van der Waals surface area contributed by atoms with Crippen LogP contribution in [0.5, 0.6) is 5.75 Å². The molecule has 0 spiro atoms. The Morgan fingerprint density at radius 2 is 2.00 bits per heavy atom. The van der Waals surface area contributed by atoms with Gasteiger partial charge in [0, 0.05) is 17.7 Å². The summed E-state index contributed by atoms with van der Waals surface area (Å²) in [5.41, 5.74) is 2.92. The lowest BCUT2D eigenvalue weighted by Gasteiger charge is -2.31. The highest BCUT2D eigenvalue weighted by Gasteiger charge is 2.37. The third-order valence-corrected chi connectivity index (χ3v) is 5.25. The summed E-state index contributed by atoms with van der Waals surface area (Å²) in [6.07, 6.45) is 4.76. The molecule has 0 saturated heterocycles. The summed E-state index contributed by atoms with van der Waals surface area (Å²) in [4.78, 5) is 17.6. The van der Waals surface area contributed by atoms with Gasteiger partial charge in [0.25, 0.3) is 0 Å². The lowest BCUT2D eigenvalue weighted by Crippen LogP contribution is -2.34. The van der Waals surface area contributed by atoms with E-state index in [1.54, 1.807) is 0 Å². The highest BCUT2D eigenvalue weighted by Crippen LogP contribution is 2.40. The Bertz CT molecular complexity index is 907. The first kappa shape index (κ1) is 13.1. The molecular weight excluding hydrogens is 286 g/mol. The van der Waals surface area contributed by atoms with E-state index < -0.39 is 0 Å². The molecule has 3 aliphatic rings. The van der Waals surface area contributed by atoms with E-state index in [4.69, 9.17) is 9.73 Å². The molecule has 1 fully saturated rings. The molecule has 0 N–H and O–H groups in total. The molecule has 2 aliphatic heterocycles. The molecular formula is C20H17NO2. The zero-order valence-corrected chi connectivity index (χ0v) is 12.8. The van der Waals surface area contributed by atoms with Crippen molar-refractivity contribution in [1.29, 1.82) is 0 Å². The van der Waals surface area contributed by atoms with Gasteiger partial charge >= 0.3 is 0 Å². The van der Waals surface area contributed by atoms with Gasteiger partial charge in [-0.05, 0) is 36.1 Å². The minimum atomic E-state index is 0.00243. The van der Waals surface area contributed by atoms with Crippen molar-refractivity contribution in [2.45, 2.75) is 32.1 Å². The van der Waals surface area contributed by atoms with Crippen LogP contribution < -0.4 is 4.74 Å². The van der Waals surface area contributed by atoms with Crippen molar-refractivity contribution in [3.05, 3.63) is 53.4 Å². The van der Waals surface area contributed by atoms with Crippen LogP contribution in [0.3, 0.4) is 0 Å². The van der Waals surface area contributed by atoms with Crippen LogP contribution in [0.25, 0.3) is 10.8 Å². The molecule has 0 aromatic heterocycles. The monoisotopic (exact) mass is 303 g/mol. The van der Waals surface area contributed by atoms with E-state index in [1.165, 1.54) is 10.8 Å². The maximum Gasteiger partial charge on any atom is 0.226 e. The molecule has 2 heterocycles. The maximum absolute atomic E-state index is 12.9. The number of aliphatic imine (C=N–C) groups is 1. The van der Waals surface area contributed by atoms with Gasteiger partial charge in [0.2, 0.25) is 5.88 Å². The third-order valence-electron chi connectivity index (χ3n) is 5.25. The smallest absolute Gasteiger partial charge is 0.226 e. The predicted octanol–water partition coefficient (Wildman–Crippen LogP) is 4.20. The molecule has 1 unspecified atom stereocenters. The first-order valence-electron chi connectivity index (χ1n) is 8.34. The number of rotatable bonds is 0. The van der Waals surface area contributed by atoms with E-state index in [-0.39, 0.29) is 11.7 Å². The van der Waals surface area contributed by atoms with Crippen LogP contribution in [-0.4, -0.2) is 11.5 Å². The number of Topliss-reactive ketones (excluding diaryl/α,β-unsaturated/α-hetero) is 1. The van der Waals surface area contributed by atoms with E-state index in [0.717, 1.165) is 48.3 Å². The Hall–Kier alpha value is -2.42. The average Bonchev–Trinajstić information content (AvgIpc) is 2.60. The van der Waals surface area contributed by atoms with Gasteiger partial charge in [0.15, 0.2) is 5.78 Å². The van der Waals surface area contributed by atoms with E-state index in [2.05, 4.69) is 18.2 Å². The molecule has 3 heteroatoms. The Kier molecular flexibility index (Phi) is 2.72. The van der Waals surface area contributed by atoms with E-state index in [1.807, 2.05) is 18.2 Å². The lowest BCUT2D eigenvalue weighted by atomic mass is 9.78. The maximum atomic E-state index is 12.9. The van der Waals surface area contributed by atoms with Gasteiger partial charge in [-0.15, -0.1) is 0 Å². The van der Waals surface area contributed by atoms with E-state index >= 15 is 0 Å². The molecule has 2 aromatic carbocycles. The van der Waals surface area contributed by atoms with Crippen molar-refractivity contribution in [1.82, 2.24) is 0 Å². The number of hydrogen-bond acceptors (Lipinski definition) is 3. The number of benzene rings is 2. The van der Waals surface area contributed by atoms with Crippen LogP contribution >= 0.6 is 0 Å². The molecule has 1 atom stereocenters. The lowest BCUT2D eigenvalue weighted by molar-refractivity contribution is -0.118. The number of nitrogens with zero attached hydrogens (tertiary/aromatic N) is 1. The fraction of sp³-hybridized carbons (Fsp3) is 0.300. The number of ketones is 1. The molecule has 114 valence electrons. The Morgan fingerprint density at radius 1 is 1.09 bits per heavy atom. The van der Waals surface area contributed by atoms with Crippen LogP contribution in [0, 0.1) is 5.92 Å². The SMILES string of the molecule is O=C1C2=C(N=C3CCCCC13)Oc1ccc3ccccc3c1C2. The molecule has 0 radical (unpaired) electrons. The molecule has 0 bridgehead atoms. The van der Waals surface area contributed by atoms with Crippen molar-refractivity contribution in [3.8, 4) is 5.75 Å². The molecule has 23 heavy (non-hydrogen) atoms. The van der Waals surface area contributed by atoms with Crippen LogP contribution in [-0.2, 0) is 11.2 Å². The largest absolute Gasteiger partial charge is 0.438 e. The summed E-state index contributed by atoms with van der Waals surface area (Å²) in [5.74, 6) is 1.63. The summed E-state index contributed by atoms with van der Waals surface area (Å²) in [5, 5.41) is 2.35. The quantitative estimate of drug-likeness (QED) is 0.731. The second kappa shape index (κ2) is 4.79. The minimum Gasteiger partial charge on any atom is -0.438 e. The zero-order valence-electron chi connectivity index (χ0n) is 12.8. The van der Waals surface area contributed by atoms with Crippen LogP contribution in [0.4, 0.5) is 0 Å². The third kappa shape index (κ3) is 1.89. The number of hydrogen-bond donors (Lipinski definition) is 0. The van der Waals surface area contributed by atoms with Gasteiger partial charge in [-0.3, -0.25) is 4.79 Å². The standard InChI is InChI=1S/C20H17NO2/c22-19-14-7-3-4-8-17(14)21-20-16(19)11-15-13-6-2-1-5-12(13)9-10-18(15)23-20/h1-2,5-6,9-10,14H,3-4,7-8,11H2. The van der Waals surface area contributed by atoms with Crippen molar-refractivity contribution in [2.75, 3.05) is 0 Å². The van der Waals surface area contributed by atoms with Crippen molar-refractivity contribution < 1.29 is 9.53 Å². The predicted molar refractivity (Wildman–Crippen MR) is 89.7 cm³/mol. The first-order chi connectivity index (χ1) is 11.3. The molecule has 1 saturated carbocycles. The van der Waals surface area contributed by atoms with Crippen LogP contribution in [0.1, 0.15) is 31.2 Å². The van der Waals surface area contributed by atoms with Gasteiger partial charge in [0.05, 0.1) is 11.5 Å².